The van der Waals surface area contributed by atoms with E-state index in [-0.39, 0.29) is 5.75 Å². The zero-order valence-corrected chi connectivity index (χ0v) is 8.24. The smallest absolute Gasteiger partial charge is 0.435 e. The fourth-order valence-electron chi connectivity index (χ4n) is 0.813. The van der Waals surface area contributed by atoms with Crippen LogP contribution < -0.4 is 8.92 Å². The molecule has 0 bridgehead atoms. The lowest BCUT2D eigenvalue weighted by atomic mass is 10.3. The summed E-state index contributed by atoms with van der Waals surface area (Å²) in [5.74, 6) is -0.737. The van der Waals surface area contributed by atoms with Crippen molar-refractivity contribution in [3.05, 3.63) is 24.3 Å². The van der Waals surface area contributed by atoms with E-state index in [1.165, 1.54) is 7.11 Å². The summed E-state index contributed by atoms with van der Waals surface area (Å²) < 4.78 is 66.6. The fourth-order valence-corrected chi connectivity index (χ4v) is 1.29. The summed E-state index contributed by atoms with van der Waals surface area (Å²) in [5.41, 5.74) is 0. The topological polar surface area (TPSA) is 18.5 Å². The van der Waals surface area contributed by atoms with Gasteiger partial charge in [0.25, 0.3) is 0 Å². The second kappa shape index (κ2) is 2.69. The first-order valence-corrected chi connectivity index (χ1v) is 5.45. The van der Waals surface area contributed by atoms with E-state index in [1.807, 2.05) is 0 Å². The maximum atomic E-state index is 11.8. The SMILES string of the molecule is COc1ccc(OS(F)(F)(F)(F)F)cc1. The lowest BCUT2D eigenvalue weighted by Crippen LogP contribution is -2.13. The van der Waals surface area contributed by atoms with Crippen molar-refractivity contribution in [3.63, 3.8) is 0 Å². The van der Waals surface area contributed by atoms with Crippen LogP contribution in [-0.2, 0) is 0 Å². The van der Waals surface area contributed by atoms with Crippen molar-refractivity contribution in [1.82, 2.24) is 0 Å². The fraction of sp³-hybridized carbons (Fsp3) is 0.143. The van der Waals surface area contributed by atoms with Gasteiger partial charge in [-0.2, -0.15) is 0 Å². The average molecular weight is 250 g/mol. The van der Waals surface area contributed by atoms with Crippen LogP contribution in [0.5, 0.6) is 11.5 Å². The maximum absolute atomic E-state index is 11.8. The molecule has 0 saturated heterocycles. The predicted octanol–water partition coefficient (Wildman–Crippen LogP) is 4.29. The number of benzene rings is 1. The van der Waals surface area contributed by atoms with E-state index in [1.54, 1.807) is 0 Å². The van der Waals surface area contributed by atoms with E-state index in [0.717, 1.165) is 24.3 Å². The van der Waals surface area contributed by atoms with Crippen LogP contribution in [0, 0.1) is 0 Å². The Hall–Kier alpha value is -1.18. The van der Waals surface area contributed by atoms with Crippen molar-refractivity contribution in [2.75, 3.05) is 7.11 Å². The van der Waals surface area contributed by atoms with E-state index in [4.69, 9.17) is 0 Å². The summed E-state index contributed by atoms with van der Waals surface area (Å²) in [4.78, 5) is 0. The van der Waals surface area contributed by atoms with Crippen LogP contribution in [0.4, 0.5) is 19.4 Å². The Morgan fingerprint density at radius 2 is 1.27 bits per heavy atom. The molecule has 0 saturated carbocycles. The molecule has 2 nitrogen and oxygen atoms in total. The molecule has 0 amide bonds. The minimum atomic E-state index is -9.86. The molecule has 0 aliphatic carbocycles. The van der Waals surface area contributed by atoms with Gasteiger partial charge < -0.3 is 8.92 Å². The number of methoxy groups -OCH3 is 1. The quantitative estimate of drug-likeness (QED) is 0.745. The standard InChI is InChI=1S/C7H7F5O2S/c1-13-6-2-4-7(5-3-6)14-15(8,9,10,11)12/h2-5H,1H3. The Kier molecular flexibility index (Phi) is 2.13. The van der Waals surface area contributed by atoms with Gasteiger partial charge >= 0.3 is 10.5 Å². The van der Waals surface area contributed by atoms with Gasteiger partial charge in [-0.3, -0.25) is 0 Å². The molecule has 8 heteroatoms. The van der Waals surface area contributed by atoms with Crippen molar-refractivity contribution in [1.29, 1.82) is 0 Å². The van der Waals surface area contributed by atoms with Crippen LogP contribution in [-0.4, -0.2) is 7.11 Å². The summed E-state index contributed by atoms with van der Waals surface area (Å²) in [6.45, 7) is 0. The monoisotopic (exact) mass is 250 g/mol. The normalized spacial score (nSPS) is 16.4. The van der Waals surface area contributed by atoms with Gasteiger partial charge in [-0.15, -0.1) is 0 Å². The highest BCUT2D eigenvalue weighted by molar-refractivity contribution is 8.42. The molecule has 0 atom stereocenters. The molecule has 0 aliphatic rings. The number of rotatable bonds is 3. The van der Waals surface area contributed by atoms with Crippen molar-refractivity contribution in [2.45, 2.75) is 0 Å². The Morgan fingerprint density at radius 3 is 1.60 bits per heavy atom. The summed E-state index contributed by atoms with van der Waals surface area (Å²) in [6.07, 6.45) is 0. The van der Waals surface area contributed by atoms with Crippen molar-refractivity contribution in [2.24, 2.45) is 0 Å². The van der Waals surface area contributed by atoms with Gasteiger partial charge in [-0.1, -0.05) is 19.4 Å². The Morgan fingerprint density at radius 1 is 0.867 bits per heavy atom. The Labute approximate surface area is 82.5 Å². The summed E-state index contributed by atoms with van der Waals surface area (Å²) in [7, 11) is -8.57. The minimum Gasteiger partial charge on any atom is -0.497 e. The molecule has 0 fully saturated rings. The molecule has 0 spiro atoms. The Bertz CT molecular complexity index is 356. The molecule has 1 rings (SSSR count). The first-order valence-electron chi connectivity index (χ1n) is 3.58. The van der Waals surface area contributed by atoms with Crippen LogP contribution in [0.2, 0.25) is 0 Å². The zero-order chi connectivity index (χ0) is 11.8. The molecule has 0 aliphatic heterocycles. The lowest BCUT2D eigenvalue weighted by molar-refractivity contribution is 0.243. The summed E-state index contributed by atoms with van der Waals surface area (Å²) >= 11 is 0. The Balaban J connectivity index is 2.93. The van der Waals surface area contributed by atoms with Gasteiger partial charge in [-0.25, -0.2) is 0 Å². The van der Waals surface area contributed by atoms with E-state index in [2.05, 4.69) is 8.92 Å². The van der Waals surface area contributed by atoms with Crippen molar-refractivity contribution >= 4 is 10.5 Å². The number of hydrogen-bond acceptors (Lipinski definition) is 2. The van der Waals surface area contributed by atoms with Crippen LogP contribution in [0.15, 0.2) is 24.3 Å². The lowest BCUT2D eigenvalue weighted by Gasteiger charge is -2.39. The van der Waals surface area contributed by atoms with Gasteiger partial charge in [0.05, 0.1) is 7.11 Å². The first kappa shape index (κ1) is 11.9. The first-order chi connectivity index (χ1) is 6.49. The second-order valence-corrected chi connectivity index (χ2v) is 4.62. The molecular weight excluding hydrogens is 243 g/mol. The average Bonchev–Trinajstić information content (AvgIpc) is 2.00. The summed E-state index contributed by atoms with van der Waals surface area (Å²) in [6, 6.07) is 3.66. The molecule has 0 radical (unpaired) electrons. The molecule has 15 heavy (non-hydrogen) atoms. The van der Waals surface area contributed by atoms with E-state index < -0.39 is 16.3 Å². The molecule has 1 aromatic rings. The van der Waals surface area contributed by atoms with Crippen LogP contribution in [0.1, 0.15) is 0 Å². The molecule has 0 unspecified atom stereocenters. The van der Waals surface area contributed by atoms with E-state index in [9.17, 15) is 19.4 Å². The molecule has 0 heterocycles. The highest BCUT2D eigenvalue weighted by Crippen LogP contribution is 2.97. The minimum absolute atomic E-state index is 0.240. The van der Waals surface area contributed by atoms with Gasteiger partial charge in [-0.05, 0) is 24.3 Å². The number of hydrogen-bond donors (Lipinski definition) is 0. The third kappa shape index (κ3) is 4.73. The van der Waals surface area contributed by atoms with Crippen LogP contribution in [0.3, 0.4) is 0 Å². The van der Waals surface area contributed by atoms with E-state index >= 15 is 0 Å². The largest absolute Gasteiger partial charge is 0.497 e. The second-order valence-electron chi connectivity index (χ2n) is 2.66. The highest BCUT2D eigenvalue weighted by atomic mass is 32.5. The molecule has 0 N–H and O–H groups in total. The third-order valence-corrected chi connectivity index (χ3v) is 1.82. The highest BCUT2D eigenvalue weighted by Gasteiger charge is 2.67. The van der Waals surface area contributed by atoms with Gasteiger partial charge in [0.2, 0.25) is 0 Å². The number of halogens is 5. The maximum Gasteiger partial charge on any atom is 0.435 e. The van der Waals surface area contributed by atoms with E-state index in [0.29, 0.717) is 0 Å². The molecule has 88 valence electrons. The number of ether oxygens (including phenoxy) is 1. The van der Waals surface area contributed by atoms with Crippen molar-refractivity contribution in [3.8, 4) is 11.5 Å². The molecule has 1 aromatic carbocycles. The molecule has 0 aromatic heterocycles. The van der Waals surface area contributed by atoms with Gasteiger partial charge in [0, 0.05) is 0 Å². The predicted molar refractivity (Wildman–Crippen MR) is 46.8 cm³/mol. The van der Waals surface area contributed by atoms with Crippen molar-refractivity contribution < 1.29 is 28.3 Å². The van der Waals surface area contributed by atoms with Crippen LogP contribution >= 0.6 is 10.5 Å². The zero-order valence-electron chi connectivity index (χ0n) is 7.42. The van der Waals surface area contributed by atoms with Gasteiger partial charge in [0.1, 0.15) is 11.5 Å². The van der Waals surface area contributed by atoms with Gasteiger partial charge in [0.15, 0.2) is 0 Å². The molecular formula is C7H7F5O2S. The third-order valence-electron chi connectivity index (χ3n) is 1.31. The summed E-state index contributed by atoms with van der Waals surface area (Å²) in [5, 5.41) is 0. The van der Waals surface area contributed by atoms with Crippen LogP contribution in [0.25, 0.3) is 0 Å².